The Bertz CT molecular complexity index is 312. The van der Waals surface area contributed by atoms with Crippen molar-refractivity contribution >= 4 is 11.9 Å². The number of rotatable bonds is 7. The van der Waals surface area contributed by atoms with Gasteiger partial charge >= 0.3 is 11.9 Å². The maximum Gasteiger partial charge on any atom is 0.309 e. The molecule has 4 nitrogen and oxygen atoms in total. The number of ether oxygens (including phenoxy) is 2. The predicted molar refractivity (Wildman–Crippen MR) is 77.1 cm³/mol. The van der Waals surface area contributed by atoms with E-state index in [-0.39, 0.29) is 23.8 Å². The molecule has 1 aliphatic rings. The Kier molecular flexibility index (Phi) is 7.63. The number of hydrogen-bond donors (Lipinski definition) is 0. The van der Waals surface area contributed by atoms with E-state index in [1.165, 1.54) is 0 Å². The molecular weight excluding hydrogens is 256 g/mol. The summed E-state index contributed by atoms with van der Waals surface area (Å²) in [7, 11) is 0. The van der Waals surface area contributed by atoms with E-state index in [1.54, 1.807) is 0 Å². The molecule has 1 aliphatic carbocycles. The van der Waals surface area contributed by atoms with Gasteiger partial charge in [0.25, 0.3) is 0 Å². The molecule has 2 unspecified atom stereocenters. The van der Waals surface area contributed by atoms with E-state index in [0.717, 1.165) is 38.5 Å². The van der Waals surface area contributed by atoms with Crippen LogP contribution in [0.1, 0.15) is 59.3 Å². The first-order valence-electron chi connectivity index (χ1n) is 7.89. The number of carbonyl (C=O) groups is 2. The van der Waals surface area contributed by atoms with Crippen LogP contribution < -0.4 is 0 Å². The lowest BCUT2D eigenvalue weighted by Gasteiger charge is -2.28. The Morgan fingerprint density at radius 3 is 2.10 bits per heavy atom. The van der Waals surface area contributed by atoms with Gasteiger partial charge in [0, 0.05) is 0 Å². The van der Waals surface area contributed by atoms with E-state index in [9.17, 15) is 9.59 Å². The molecule has 0 aromatic carbocycles. The lowest BCUT2D eigenvalue weighted by atomic mass is 9.79. The van der Waals surface area contributed by atoms with Gasteiger partial charge in [-0.1, -0.05) is 40.0 Å². The third-order valence-electron chi connectivity index (χ3n) is 3.67. The largest absolute Gasteiger partial charge is 0.465 e. The highest BCUT2D eigenvalue weighted by Gasteiger charge is 2.37. The molecule has 20 heavy (non-hydrogen) atoms. The van der Waals surface area contributed by atoms with Gasteiger partial charge < -0.3 is 9.47 Å². The molecule has 0 saturated heterocycles. The molecule has 0 heterocycles. The Labute approximate surface area is 122 Å². The average Bonchev–Trinajstić information content (AvgIpc) is 2.44. The van der Waals surface area contributed by atoms with E-state index < -0.39 is 0 Å². The summed E-state index contributed by atoms with van der Waals surface area (Å²) >= 11 is 0. The monoisotopic (exact) mass is 284 g/mol. The predicted octanol–water partition coefficient (Wildman–Crippen LogP) is 3.34. The van der Waals surface area contributed by atoms with Crippen molar-refractivity contribution in [1.29, 1.82) is 0 Å². The van der Waals surface area contributed by atoms with Crippen molar-refractivity contribution in [2.45, 2.75) is 59.3 Å². The molecule has 0 radical (unpaired) electrons. The highest BCUT2D eigenvalue weighted by molar-refractivity contribution is 5.82. The summed E-state index contributed by atoms with van der Waals surface area (Å²) in [6.07, 6.45) is 5.33. The van der Waals surface area contributed by atoms with Gasteiger partial charge in [0.05, 0.1) is 25.0 Å². The van der Waals surface area contributed by atoms with Crippen LogP contribution in [0, 0.1) is 17.8 Å². The number of unbranched alkanes of at least 4 members (excludes halogenated alkanes) is 1. The quantitative estimate of drug-likeness (QED) is 0.531. The molecule has 0 N–H and O–H groups in total. The molecule has 0 amide bonds. The molecular formula is C16H28O4. The zero-order chi connectivity index (χ0) is 15.0. The summed E-state index contributed by atoms with van der Waals surface area (Å²) < 4.78 is 10.6. The van der Waals surface area contributed by atoms with Crippen molar-refractivity contribution in [3.8, 4) is 0 Å². The minimum absolute atomic E-state index is 0.218. The Hall–Kier alpha value is -1.06. The van der Waals surface area contributed by atoms with Crippen LogP contribution in [0.3, 0.4) is 0 Å². The number of hydrogen-bond acceptors (Lipinski definition) is 4. The summed E-state index contributed by atoms with van der Waals surface area (Å²) in [5, 5.41) is 0. The lowest BCUT2D eigenvalue weighted by molar-refractivity contribution is -0.163. The topological polar surface area (TPSA) is 52.6 Å². The van der Waals surface area contributed by atoms with E-state index in [2.05, 4.69) is 6.92 Å². The van der Waals surface area contributed by atoms with Gasteiger partial charge in [-0.05, 0) is 25.2 Å². The molecule has 0 aromatic rings. The van der Waals surface area contributed by atoms with E-state index >= 15 is 0 Å². The normalized spacial score (nSPS) is 22.6. The fourth-order valence-corrected chi connectivity index (χ4v) is 2.48. The zero-order valence-electron chi connectivity index (χ0n) is 13.0. The van der Waals surface area contributed by atoms with Gasteiger partial charge in [0.1, 0.15) is 0 Å². The molecule has 1 saturated carbocycles. The molecule has 0 spiro atoms. The summed E-state index contributed by atoms with van der Waals surface area (Å²) in [6, 6.07) is 0. The molecule has 1 rings (SSSR count). The van der Waals surface area contributed by atoms with E-state index in [1.807, 2.05) is 13.8 Å². The minimum atomic E-state index is -0.309. The SMILES string of the molecule is CCCCOC(=O)C1CCCCC1C(=O)OCC(C)C. The highest BCUT2D eigenvalue weighted by atomic mass is 16.5. The summed E-state index contributed by atoms with van der Waals surface area (Å²) in [6.45, 7) is 6.95. The molecule has 116 valence electrons. The Morgan fingerprint density at radius 1 is 1.05 bits per heavy atom. The van der Waals surface area contributed by atoms with Crippen molar-refractivity contribution in [2.75, 3.05) is 13.2 Å². The van der Waals surface area contributed by atoms with Crippen LogP contribution in [0.2, 0.25) is 0 Å². The van der Waals surface area contributed by atoms with Crippen LogP contribution in [-0.2, 0) is 19.1 Å². The van der Waals surface area contributed by atoms with E-state index in [0.29, 0.717) is 19.1 Å². The van der Waals surface area contributed by atoms with Gasteiger partial charge in [0.2, 0.25) is 0 Å². The maximum absolute atomic E-state index is 12.1. The summed E-state index contributed by atoms with van der Waals surface area (Å²) in [5.74, 6) is -0.741. The molecule has 0 aromatic heterocycles. The second-order valence-electron chi connectivity index (χ2n) is 6.04. The van der Waals surface area contributed by atoms with Crippen LogP contribution in [0.4, 0.5) is 0 Å². The van der Waals surface area contributed by atoms with Crippen molar-refractivity contribution in [2.24, 2.45) is 17.8 Å². The van der Waals surface area contributed by atoms with Gasteiger partial charge in [-0.25, -0.2) is 0 Å². The summed E-state index contributed by atoms with van der Waals surface area (Å²) in [4.78, 5) is 24.2. The first-order chi connectivity index (χ1) is 9.56. The van der Waals surface area contributed by atoms with Crippen LogP contribution in [-0.4, -0.2) is 25.2 Å². The van der Waals surface area contributed by atoms with Crippen LogP contribution in [0.5, 0.6) is 0 Å². The molecule has 1 fully saturated rings. The Morgan fingerprint density at radius 2 is 1.60 bits per heavy atom. The smallest absolute Gasteiger partial charge is 0.309 e. The zero-order valence-corrected chi connectivity index (χ0v) is 13.0. The Balaban J connectivity index is 2.52. The first-order valence-corrected chi connectivity index (χ1v) is 7.89. The third kappa shape index (κ3) is 5.51. The average molecular weight is 284 g/mol. The first kappa shape index (κ1) is 17.0. The molecule has 0 aliphatic heterocycles. The second-order valence-corrected chi connectivity index (χ2v) is 6.04. The lowest BCUT2D eigenvalue weighted by Crippen LogP contribution is -2.35. The van der Waals surface area contributed by atoms with Crippen molar-refractivity contribution in [3.63, 3.8) is 0 Å². The highest BCUT2D eigenvalue weighted by Crippen LogP contribution is 2.32. The van der Waals surface area contributed by atoms with Crippen LogP contribution >= 0.6 is 0 Å². The van der Waals surface area contributed by atoms with Gasteiger partial charge in [-0.2, -0.15) is 0 Å². The fraction of sp³-hybridized carbons (Fsp3) is 0.875. The number of carbonyl (C=O) groups excluding carboxylic acids is 2. The van der Waals surface area contributed by atoms with Crippen LogP contribution in [0.15, 0.2) is 0 Å². The summed E-state index contributed by atoms with van der Waals surface area (Å²) in [5.41, 5.74) is 0. The van der Waals surface area contributed by atoms with Crippen molar-refractivity contribution < 1.29 is 19.1 Å². The standard InChI is InChI=1S/C16H28O4/c1-4-5-10-19-15(17)13-8-6-7-9-14(13)16(18)20-11-12(2)3/h12-14H,4-11H2,1-3H3. The van der Waals surface area contributed by atoms with Gasteiger partial charge in [0.15, 0.2) is 0 Å². The minimum Gasteiger partial charge on any atom is -0.465 e. The van der Waals surface area contributed by atoms with Crippen molar-refractivity contribution in [3.05, 3.63) is 0 Å². The van der Waals surface area contributed by atoms with Gasteiger partial charge in [-0.15, -0.1) is 0 Å². The van der Waals surface area contributed by atoms with E-state index in [4.69, 9.17) is 9.47 Å². The van der Waals surface area contributed by atoms with Gasteiger partial charge in [-0.3, -0.25) is 9.59 Å². The maximum atomic E-state index is 12.1. The molecule has 2 atom stereocenters. The molecule has 4 heteroatoms. The van der Waals surface area contributed by atoms with Crippen LogP contribution in [0.25, 0.3) is 0 Å². The van der Waals surface area contributed by atoms with Crippen molar-refractivity contribution in [1.82, 2.24) is 0 Å². The molecule has 0 bridgehead atoms. The fourth-order valence-electron chi connectivity index (χ4n) is 2.48. The number of esters is 2. The second kappa shape index (κ2) is 8.98. The third-order valence-corrected chi connectivity index (χ3v) is 3.67.